The van der Waals surface area contributed by atoms with Crippen molar-refractivity contribution in [1.29, 1.82) is 0 Å². The zero-order chi connectivity index (χ0) is 10.3. The van der Waals surface area contributed by atoms with Crippen LogP contribution in [0.25, 0.3) is 0 Å². The summed E-state index contributed by atoms with van der Waals surface area (Å²) in [7, 11) is 0. The maximum Gasteiger partial charge on any atom is 0.184 e. The van der Waals surface area contributed by atoms with Crippen LogP contribution in [0.5, 0.6) is 0 Å². The molecule has 0 saturated carbocycles. The Hall–Kier alpha value is -0.420. The molecule has 2 fully saturated rings. The van der Waals surface area contributed by atoms with E-state index in [-0.39, 0.29) is 18.3 Å². The summed E-state index contributed by atoms with van der Waals surface area (Å²) in [5.74, 6) is -0.625. The molecule has 0 radical (unpaired) electrons. The first kappa shape index (κ1) is 10.1. The van der Waals surface area contributed by atoms with Crippen LogP contribution in [0.4, 0.5) is 0 Å². The van der Waals surface area contributed by atoms with Gasteiger partial charge in [-0.3, -0.25) is 0 Å². The number of fused-ring (bicyclic) bond motifs is 1. The zero-order valence-corrected chi connectivity index (χ0v) is 8.47. The second-order valence-electron chi connectivity index (χ2n) is 4.15. The van der Waals surface area contributed by atoms with Gasteiger partial charge in [-0.1, -0.05) is 6.08 Å². The van der Waals surface area contributed by atoms with Crippen molar-refractivity contribution in [2.45, 2.75) is 50.7 Å². The lowest BCUT2D eigenvalue weighted by atomic mass is 10.1. The molecule has 2 rings (SSSR count). The number of ether oxygens (including phenoxy) is 3. The van der Waals surface area contributed by atoms with Gasteiger partial charge in [-0.05, 0) is 20.3 Å². The normalized spacial score (nSPS) is 45.1. The standard InChI is InChI=1S/C10H16O4/c1-4-5-6-7-8(9(11)12-6)14-10(2,3)13-7/h4,6-9,11H,1,5H2,2-3H3/t6-,7-,8-,9?/m1/s1. The van der Waals surface area contributed by atoms with Gasteiger partial charge in [0.05, 0.1) is 6.10 Å². The van der Waals surface area contributed by atoms with Gasteiger partial charge in [0.2, 0.25) is 0 Å². The summed E-state index contributed by atoms with van der Waals surface area (Å²) >= 11 is 0. The Labute approximate surface area is 83.5 Å². The Morgan fingerprint density at radius 2 is 2.00 bits per heavy atom. The smallest absolute Gasteiger partial charge is 0.184 e. The summed E-state index contributed by atoms with van der Waals surface area (Å²) in [6, 6.07) is 0. The molecule has 4 nitrogen and oxygen atoms in total. The average molecular weight is 200 g/mol. The maximum atomic E-state index is 9.57. The molecule has 80 valence electrons. The Kier molecular flexibility index (Phi) is 2.39. The van der Waals surface area contributed by atoms with E-state index in [4.69, 9.17) is 14.2 Å². The average Bonchev–Trinajstić information content (AvgIpc) is 2.51. The van der Waals surface area contributed by atoms with Crippen LogP contribution in [0.1, 0.15) is 20.3 Å². The fraction of sp³-hybridized carbons (Fsp3) is 0.800. The van der Waals surface area contributed by atoms with E-state index in [2.05, 4.69) is 6.58 Å². The minimum atomic E-state index is -0.883. The first-order chi connectivity index (χ1) is 6.53. The molecule has 2 aliphatic heterocycles. The molecule has 1 N–H and O–H groups in total. The quantitative estimate of drug-likeness (QED) is 0.670. The fourth-order valence-corrected chi connectivity index (χ4v) is 2.01. The van der Waals surface area contributed by atoms with Gasteiger partial charge >= 0.3 is 0 Å². The summed E-state index contributed by atoms with van der Waals surface area (Å²) < 4.78 is 16.5. The zero-order valence-electron chi connectivity index (χ0n) is 8.47. The number of aliphatic hydroxyl groups excluding tert-OH is 1. The largest absolute Gasteiger partial charge is 0.366 e. The maximum absolute atomic E-state index is 9.57. The predicted octanol–water partition coefficient (Wildman–Crippen LogP) is 0.800. The highest BCUT2D eigenvalue weighted by atomic mass is 16.8. The summed E-state index contributed by atoms with van der Waals surface area (Å²) in [6.45, 7) is 7.31. The van der Waals surface area contributed by atoms with Crippen LogP contribution in [0.3, 0.4) is 0 Å². The predicted molar refractivity (Wildman–Crippen MR) is 49.5 cm³/mol. The molecule has 0 aromatic carbocycles. The Morgan fingerprint density at radius 1 is 1.36 bits per heavy atom. The second-order valence-corrected chi connectivity index (χ2v) is 4.15. The van der Waals surface area contributed by atoms with Crippen LogP contribution in [0.2, 0.25) is 0 Å². The highest BCUT2D eigenvalue weighted by Crippen LogP contribution is 2.38. The van der Waals surface area contributed by atoms with Gasteiger partial charge in [-0.15, -0.1) is 6.58 Å². The van der Waals surface area contributed by atoms with Crippen molar-refractivity contribution in [3.8, 4) is 0 Å². The molecule has 0 bridgehead atoms. The lowest BCUT2D eigenvalue weighted by Gasteiger charge is -2.21. The minimum absolute atomic E-state index is 0.144. The van der Waals surface area contributed by atoms with E-state index < -0.39 is 12.1 Å². The van der Waals surface area contributed by atoms with E-state index in [0.29, 0.717) is 6.42 Å². The summed E-state index contributed by atoms with van der Waals surface area (Å²) in [5.41, 5.74) is 0. The van der Waals surface area contributed by atoms with Gasteiger partial charge < -0.3 is 19.3 Å². The van der Waals surface area contributed by atoms with Crippen molar-refractivity contribution >= 4 is 0 Å². The molecule has 0 aromatic rings. The van der Waals surface area contributed by atoms with Crippen molar-refractivity contribution in [2.75, 3.05) is 0 Å². The van der Waals surface area contributed by atoms with Crippen LogP contribution in [-0.2, 0) is 14.2 Å². The van der Waals surface area contributed by atoms with Crippen molar-refractivity contribution in [1.82, 2.24) is 0 Å². The van der Waals surface area contributed by atoms with Crippen LogP contribution >= 0.6 is 0 Å². The van der Waals surface area contributed by atoms with Crippen LogP contribution in [0.15, 0.2) is 12.7 Å². The van der Waals surface area contributed by atoms with E-state index in [0.717, 1.165) is 0 Å². The summed E-state index contributed by atoms with van der Waals surface area (Å²) in [6.07, 6.45) is 0.848. The number of hydrogen-bond donors (Lipinski definition) is 1. The minimum Gasteiger partial charge on any atom is -0.366 e. The van der Waals surface area contributed by atoms with Gasteiger partial charge in [0, 0.05) is 0 Å². The molecule has 0 amide bonds. The first-order valence-corrected chi connectivity index (χ1v) is 4.83. The molecular formula is C10H16O4. The van der Waals surface area contributed by atoms with Crippen LogP contribution in [-0.4, -0.2) is 35.5 Å². The molecule has 2 saturated heterocycles. The van der Waals surface area contributed by atoms with E-state index in [9.17, 15) is 5.11 Å². The third-order valence-electron chi connectivity index (χ3n) is 2.52. The van der Waals surface area contributed by atoms with Gasteiger partial charge in [0.15, 0.2) is 12.1 Å². The molecule has 14 heavy (non-hydrogen) atoms. The number of rotatable bonds is 2. The molecule has 0 aromatic heterocycles. The van der Waals surface area contributed by atoms with Crippen LogP contribution < -0.4 is 0 Å². The highest BCUT2D eigenvalue weighted by molar-refractivity contribution is 4.96. The molecular weight excluding hydrogens is 184 g/mol. The lowest BCUT2D eigenvalue weighted by molar-refractivity contribution is -0.219. The summed E-state index contributed by atoms with van der Waals surface area (Å²) in [4.78, 5) is 0. The Balaban J connectivity index is 2.10. The van der Waals surface area contributed by atoms with Crippen molar-refractivity contribution in [3.05, 3.63) is 12.7 Å². The SMILES string of the molecule is C=CC[C@H]1OC(O)[C@@H]2OC(C)(C)O[C@H]12. The van der Waals surface area contributed by atoms with Gasteiger partial charge in [-0.25, -0.2) is 0 Å². The van der Waals surface area contributed by atoms with Gasteiger partial charge in [0.25, 0.3) is 0 Å². The molecule has 0 spiro atoms. The van der Waals surface area contributed by atoms with Crippen molar-refractivity contribution < 1.29 is 19.3 Å². The molecule has 2 heterocycles. The highest BCUT2D eigenvalue weighted by Gasteiger charge is 2.54. The fourth-order valence-electron chi connectivity index (χ4n) is 2.01. The second kappa shape index (κ2) is 3.31. The van der Waals surface area contributed by atoms with E-state index >= 15 is 0 Å². The van der Waals surface area contributed by atoms with Gasteiger partial charge in [-0.2, -0.15) is 0 Å². The lowest BCUT2D eigenvalue weighted by Crippen LogP contribution is -2.29. The first-order valence-electron chi connectivity index (χ1n) is 4.83. The van der Waals surface area contributed by atoms with E-state index in [1.165, 1.54) is 0 Å². The van der Waals surface area contributed by atoms with Crippen molar-refractivity contribution in [3.63, 3.8) is 0 Å². The van der Waals surface area contributed by atoms with Crippen molar-refractivity contribution in [2.24, 2.45) is 0 Å². The third kappa shape index (κ3) is 1.59. The monoisotopic (exact) mass is 200 g/mol. The molecule has 4 atom stereocenters. The van der Waals surface area contributed by atoms with E-state index in [1.807, 2.05) is 13.8 Å². The third-order valence-corrected chi connectivity index (χ3v) is 2.52. The molecule has 4 heteroatoms. The summed E-state index contributed by atoms with van der Waals surface area (Å²) in [5, 5.41) is 9.57. The molecule has 0 aliphatic carbocycles. The Bertz CT molecular complexity index is 238. The number of hydrogen-bond acceptors (Lipinski definition) is 4. The van der Waals surface area contributed by atoms with Crippen LogP contribution in [0, 0.1) is 0 Å². The molecule has 1 unspecified atom stereocenters. The van der Waals surface area contributed by atoms with Gasteiger partial charge in [0.1, 0.15) is 12.2 Å². The Morgan fingerprint density at radius 3 is 2.64 bits per heavy atom. The van der Waals surface area contributed by atoms with E-state index in [1.54, 1.807) is 6.08 Å². The molecule has 2 aliphatic rings. The topological polar surface area (TPSA) is 47.9 Å². The number of aliphatic hydroxyl groups is 1.